The maximum atomic E-state index is 12.2. The van der Waals surface area contributed by atoms with Crippen molar-refractivity contribution < 1.29 is 14.3 Å². The average Bonchev–Trinajstić information content (AvgIpc) is 3.02. The molecule has 0 aromatic heterocycles. The van der Waals surface area contributed by atoms with E-state index in [1.807, 2.05) is 24.3 Å². The van der Waals surface area contributed by atoms with E-state index < -0.39 is 0 Å². The number of aliphatic imine (C=N–C) groups is 1. The summed E-state index contributed by atoms with van der Waals surface area (Å²) in [7, 11) is 1.63. The lowest BCUT2D eigenvalue weighted by molar-refractivity contribution is -0.145. The standard InChI is InChI=1S/C18H24N2O3/c1-12(2)11-16-17(19-13-6-8-14(22-3)9-7-13)23-18(21)15-5-4-10-20(15)16/h6-9,12,15-16H,4-5,10-11H2,1-3H3. The van der Waals surface area contributed by atoms with Crippen molar-refractivity contribution in [1.29, 1.82) is 0 Å². The van der Waals surface area contributed by atoms with Gasteiger partial charge in [0.1, 0.15) is 11.8 Å². The predicted molar refractivity (Wildman–Crippen MR) is 89.2 cm³/mol. The van der Waals surface area contributed by atoms with Crippen molar-refractivity contribution in [2.75, 3.05) is 13.7 Å². The number of fused-ring (bicyclic) bond motifs is 1. The number of hydrogen-bond donors (Lipinski definition) is 0. The number of hydrogen-bond acceptors (Lipinski definition) is 5. The zero-order valence-corrected chi connectivity index (χ0v) is 14.0. The Bertz CT molecular complexity index is 595. The fourth-order valence-corrected chi connectivity index (χ4v) is 3.36. The monoisotopic (exact) mass is 316 g/mol. The van der Waals surface area contributed by atoms with Gasteiger partial charge in [0.05, 0.1) is 18.8 Å². The van der Waals surface area contributed by atoms with Gasteiger partial charge in [-0.3, -0.25) is 4.90 Å². The number of nitrogens with zero attached hydrogens (tertiary/aromatic N) is 2. The highest BCUT2D eigenvalue weighted by Gasteiger charge is 2.44. The molecule has 5 heteroatoms. The summed E-state index contributed by atoms with van der Waals surface area (Å²) in [4.78, 5) is 19.1. The van der Waals surface area contributed by atoms with Crippen LogP contribution in [0.2, 0.25) is 0 Å². The Morgan fingerprint density at radius 3 is 2.74 bits per heavy atom. The molecule has 2 aliphatic rings. The molecular formula is C18H24N2O3. The van der Waals surface area contributed by atoms with Crippen LogP contribution in [-0.2, 0) is 9.53 Å². The maximum Gasteiger partial charge on any atom is 0.329 e. The van der Waals surface area contributed by atoms with Crippen LogP contribution in [0.1, 0.15) is 33.1 Å². The molecule has 1 aromatic carbocycles. The van der Waals surface area contributed by atoms with Crippen molar-refractivity contribution in [2.45, 2.75) is 45.2 Å². The molecule has 2 atom stereocenters. The lowest BCUT2D eigenvalue weighted by Crippen LogP contribution is -2.54. The minimum atomic E-state index is -0.158. The van der Waals surface area contributed by atoms with Crippen molar-refractivity contribution in [3.05, 3.63) is 24.3 Å². The molecule has 3 rings (SSSR count). The first kappa shape index (κ1) is 16.0. The Morgan fingerprint density at radius 1 is 1.35 bits per heavy atom. The van der Waals surface area contributed by atoms with Gasteiger partial charge in [0, 0.05) is 0 Å². The number of rotatable bonds is 4. The number of benzene rings is 1. The summed E-state index contributed by atoms with van der Waals surface area (Å²) in [6.45, 7) is 5.32. The molecule has 0 amide bonds. The van der Waals surface area contributed by atoms with Crippen molar-refractivity contribution in [3.63, 3.8) is 0 Å². The second kappa shape index (κ2) is 6.71. The van der Waals surface area contributed by atoms with Crippen molar-refractivity contribution in [3.8, 4) is 5.75 Å². The average molecular weight is 316 g/mol. The van der Waals surface area contributed by atoms with E-state index in [-0.39, 0.29) is 18.1 Å². The number of esters is 1. The van der Waals surface area contributed by atoms with Crippen LogP contribution in [-0.4, -0.2) is 42.5 Å². The first-order valence-electron chi connectivity index (χ1n) is 8.28. The van der Waals surface area contributed by atoms with E-state index in [1.54, 1.807) is 7.11 Å². The molecule has 0 spiro atoms. The van der Waals surface area contributed by atoms with Crippen LogP contribution < -0.4 is 4.74 Å². The third kappa shape index (κ3) is 3.39. The lowest BCUT2D eigenvalue weighted by atomic mass is 10.00. The Morgan fingerprint density at radius 2 is 2.09 bits per heavy atom. The molecule has 23 heavy (non-hydrogen) atoms. The summed E-state index contributed by atoms with van der Waals surface area (Å²) in [5, 5.41) is 0. The van der Waals surface area contributed by atoms with Gasteiger partial charge in [0.2, 0.25) is 5.90 Å². The summed E-state index contributed by atoms with van der Waals surface area (Å²) in [5.74, 6) is 1.67. The predicted octanol–water partition coefficient (Wildman–Crippen LogP) is 3.16. The van der Waals surface area contributed by atoms with Crippen LogP contribution in [0.4, 0.5) is 5.69 Å². The summed E-state index contributed by atoms with van der Waals surface area (Å²) >= 11 is 0. The second-order valence-electron chi connectivity index (χ2n) is 6.61. The highest BCUT2D eigenvalue weighted by atomic mass is 16.5. The largest absolute Gasteiger partial charge is 0.497 e. The van der Waals surface area contributed by atoms with Crippen LogP contribution in [0.5, 0.6) is 5.75 Å². The number of carbonyl (C=O) groups is 1. The fourth-order valence-electron chi connectivity index (χ4n) is 3.36. The van der Waals surface area contributed by atoms with Gasteiger partial charge in [-0.2, -0.15) is 0 Å². The smallest absolute Gasteiger partial charge is 0.329 e. The summed E-state index contributed by atoms with van der Waals surface area (Å²) in [5.41, 5.74) is 0.778. The SMILES string of the molecule is COc1ccc(N=C2OC(=O)C3CCCN3C2CC(C)C)cc1. The zero-order chi connectivity index (χ0) is 16.4. The summed E-state index contributed by atoms with van der Waals surface area (Å²) in [6.07, 6.45) is 2.88. The molecule has 0 bridgehead atoms. The quantitative estimate of drug-likeness (QED) is 0.801. The molecule has 0 saturated carbocycles. The van der Waals surface area contributed by atoms with Crippen LogP contribution >= 0.6 is 0 Å². The van der Waals surface area contributed by atoms with Crippen LogP contribution in [0, 0.1) is 5.92 Å². The molecule has 2 unspecified atom stereocenters. The summed E-state index contributed by atoms with van der Waals surface area (Å²) < 4.78 is 10.8. The molecule has 2 fully saturated rings. The fraction of sp³-hybridized carbons (Fsp3) is 0.556. The van der Waals surface area contributed by atoms with Crippen molar-refractivity contribution >= 4 is 17.6 Å². The van der Waals surface area contributed by atoms with Gasteiger partial charge in [-0.05, 0) is 56.0 Å². The molecule has 0 aliphatic carbocycles. The number of morpholine rings is 1. The lowest BCUT2D eigenvalue weighted by Gasteiger charge is -2.37. The minimum absolute atomic E-state index is 0.0855. The minimum Gasteiger partial charge on any atom is -0.497 e. The number of carbonyl (C=O) groups excluding carboxylic acids is 1. The Balaban J connectivity index is 1.89. The number of methoxy groups -OCH3 is 1. The van der Waals surface area contributed by atoms with E-state index in [0.29, 0.717) is 11.8 Å². The van der Waals surface area contributed by atoms with Gasteiger partial charge >= 0.3 is 5.97 Å². The molecule has 1 aromatic rings. The van der Waals surface area contributed by atoms with E-state index in [9.17, 15) is 4.79 Å². The van der Waals surface area contributed by atoms with Gasteiger partial charge in [-0.15, -0.1) is 0 Å². The third-order valence-corrected chi connectivity index (χ3v) is 4.46. The van der Waals surface area contributed by atoms with Gasteiger partial charge in [-0.25, -0.2) is 9.79 Å². The number of ether oxygens (including phenoxy) is 2. The third-order valence-electron chi connectivity index (χ3n) is 4.46. The van der Waals surface area contributed by atoms with E-state index in [1.165, 1.54) is 0 Å². The molecule has 5 nitrogen and oxygen atoms in total. The van der Waals surface area contributed by atoms with Gasteiger partial charge in [-0.1, -0.05) is 13.8 Å². The van der Waals surface area contributed by atoms with Crippen LogP contribution in [0.25, 0.3) is 0 Å². The van der Waals surface area contributed by atoms with Crippen LogP contribution in [0.3, 0.4) is 0 Å². The molecule has 124 valence electrons. The summed E-state index contributed by atoms with van der Waals surface area (Å²) in [6, 6.07) is 7.47. The normalized spacial score (nSPS) is 26.4. The van der Waals surface area contributed by atoms with Gasteiger partial charge in [0.25, 0.3) is 0 Å². The molecule has 2 saturated heterocycles. The molecule has 0 radical (unpaired) electrons. The Hall–Kier alpha value is -1.88. The Kier molecular flexibility index (Phi) is 4.66. The molecular weight excluding hydrogens is 292 g/mol. The van der Waals surface area contributed by atoms with E-state index in [2.05, 4.69) is 23.7 Å². The van der Waals surface area contributed by atoms with E-state index in [0.717, 1.165) is 37.2 Å². The first-order chi connectivity index (χ1) is 11.1. The Labute approximate surface area is 137 Å². The molecule has 0 N–H and O–H groups in total. The van der Waals surface area contributed by atoms with Gasteiger partial charge in [0.15, 0.2) is 0 Å². The first-order valence-corrected chi connectivity index (χ1v) is 8.28. The molecule has 2 heterocycles. The van der Waals surface area contributed by atoms with E-state index >= 15 is 0 Å². The zero-order valence-electron chi connectivity index (χ0n) is 14.0. The van der Waals surface area contributed by atoms with Gasteiger partial charge < -0.3 is 9.47 Å². The maximum absolute atomic E-state index is 12.2. The number of cyclic esters (lactones) is 1. The second-order valence-corrected chi connectivity index (χ2v) is 6.61. The van der Waals surface area contributed by atoms with Crippen molar-refractivity contribution in [2.24, 2.45) is 10.9 Å². The van der Waals surface area contributed by atoms with Crippen molar-refractivity contribution in [1.82, 2.24) is 4.90 Å². The van der Waals surface area contributed by atoms with E-state index in [4.69, 9.17) is 9.47 Å². The van der Waals surface area contributed by atoms with Crippen LogP contribution in [0.15, 0.2) is 29.3 Å². The highest BCUT2D eigenvalue weighted by molar-refractivity contribution is 5.98. The topological polar surface area (TPSA) is 51.1 Å². The molecule has 2 aliphatic heterocycles. The highest BCUT2D eigenvalue weighted by Crippen LogP contribution is 2.31.